The molecule has 6 nitrogen and oxygen atoms in total. The molecule has 2 aromatic rings. The molecule has 116 valence electrons. The number of thiazole rings is 1. The van der Waals surface area contributed by atoms with E-state index < -0.39 is 0 Å². The molecule has 1 amide bonds. The van der Waals surface area contributed by atoms with E-state index in [2.05, 4.69) is 15.2 Å². The summed E-state index contributed by atoms with van der Waals surface area (Å²) in [5.41, 5.74) is 7.79. The van der Waals surface area contributed by atoms with E-state index in [4.69, 9.17) is 10.5 Å². The van der Waals surface area contributed by atoms with Crippen LogP contribution in [0, 0.1) is 0 Å². The maximum atomic E-state index is 12.1. The van der Waals surface area contributed by atoms with E-state index in [1.807, 2.05) is 5.38 Å². The van der Waals surface area contributed by atoms with Gasteiger partial charge in [0.05, 0.1) is 18.9 Å². The van der Waals surface area contributed by atoms with Gasteiger partial charge in [0.25, 0.3) is 5.91 Å². The fourth-order valence-electron chi connectivity index (χ4n) is 2.23. The molecule has 0 spiro atoms. The van der Waals surface area contributed by atoms with E-state index in [0.29, 0.717) is 16.4 Å². The van der Waals surface area contributed by atoms with Crippen LogP contribution in [-0.4, -0.2) is 42.1 Å². The number of nitrogens with zero attached hydrogens (tertiary/aromatic N) is 2. The highest BCUT2D eigenvalue weighted by Crippen LogP contribution is 2.18. The van der Waals surface area contributed by atoms with Crippen molar-refractivity contribution in [3.8, 4) is 0 Å². The maximum Gasteiger partial charge on any atom is 0.257 e. The smallest absolute Gasteiger partial charge is 0.257 e. The summed E-state index contributed by atoms with van der Waals surface area (Å²) in [5.74, 6) is -0.174. The van der Waals surface area contributed by atoms with Gasteiger partial charge in [-0.05, 0) is 24.3 Å². The van der Waals surface area contributed by atoms with Crippen molar-refractivity contribution in [3.05, 3.63) is 40.9 Å². The Bertz CT molecular complexity index is 635. The van der Waals surface area contributed by atoms with Crippen molar-refractivity contribution in [3.63, 3.8) is 0 Å². The second-order valence-corrected chi connectivity index (χ2v) is 5.97. The van der Waals surface area contributed by atoms with Crippen molar-refractivity contribution in [1.82, 2.24) is 9.88 Å². The number of benzene rings is 1. The van der Waals surface area contributed by atoms with Gasteiger partial charge in [0, 0.05) is 36.3 Å². The van der Waals surface area contributed by atoms with E-state index in [-0.39, 0.29) is 5.91 Å². The number of nitrogens with two attached hydrogens (primary N) is 1. The third-order valence-electron chi connectivity index (χ3n) is 3.43. The van der Waals surface area contributed by atoms with Crippen LogP contribution < -0.4 is 11.1 Å². The van der Waals surface area contributed by atoms with Crippen LogP contribution in [0.4, 0.5) is 10.8 Å². The number of carbonyl (C=O) groups excluding carboxylic acids is 1. The summed E-state index contributed by atoms with van der Waals surface area (Å²) in [4.78, 5) is 18.9. The van der Waals surface area contributed by atoms with Crippen molar-refractivity contribution >= 4 is 28.1 Å². The SMILES string of the molecule is Nc1ccc(C(=O)Nc2nc(CN3CCOCC3)cs2)cc1. The predicted octanol–water partition coefficient (Wildman–Crippen LogP) is 1.81. The minimum atomic E-state index is -0.174. The Morgan fingerprint density at radius 3 is 2.77 bits per heavy atom. The average molecular weight is 318 g/mol. The highest BCUT2D eigenvalue weighted by molar-refractivity contribution is 7.13. The predicted molar refractivity (Wildman–Crippen MR) is 87.0 cm³/mol. The normalized spacial score (nSPS) is 15.6. The molecular formula is C15H18N4O2S. The Kier molecular flexibility index (Phi) is 4.67. The fraction of sp³-hybridized carbons (Fsp3) is 0.333. The zero-order valence-corrected chi connectivity index (χ0v) is 12.9. The molecule has 0 atom stereocenters. The van der Waals surface area contributed by atoms with Crippen molar-refractivity contribution in [1.29, 1.82) is 0 Å². The number of amides is 1. The molecule has 0 radical (unpaired) electrons. The van der Waals surface area contributed by atoms with Gasteiger partial charge in [0.15, 0.2) is 5.13 Å². The minimum Gasteiger partial charge on any atom is -0.399 e. The summed E-state index contributed by atoms with van der Waals surface area (Å²) in [6.07, 6.45) is 0. The fourth-order valence-corrected chi connectivity index (χ4v) is 2.93. The summed E-state index contributed by atoms with van der Waals surface area (Å²) in [5, 5.41) is 5.42. The Hall–Kier alpha value is -1.96. The molecule has 3 rings (SSSR count). The molecule has 1 saturated heterocycles. The second kappa shape index (κ2) is 6.87. The van der Waals surface area contributed by atoms with E-state index in [9.17, 15) is 4.79 Å². The van der Waals surface area contributed by atoms with Crippen molar-refractivity contribution in [2.24, 2.45) is 0 Å². The Labute approximate surface area is 132 Å². The van der Waals surface area contributed by atoms with E-state index in [0.717, 1.165) is 38.5 Å². The second-order valence-electron chi connectivity index (χ2n) is 5.11. The molecule has 0 unspecified atom stereocenters. The molecule has 7 heteroatoms. The number of ether oxygens (including phenoxy) is 1. The first-order chi connectivity index (χ1) is 10.7. The minimum absolute atomic E-state index is 0.174. The van der Waals surface area contributed by atoms with Gasteiger partial charge in [-0.2, -0.15) is 0 Å². The molecule has 1 fully saturated rings. The van der Waals surface area contributed by atoms with Gasteiger partial charge in [-0.3, -0.25) is 15.0 Å². The summed E-state index contributed by atoms with van der Waals surface area (Å²) in [7, 11) is 0. The molecule has 22 heavy (non-hydrogen) atoms. The van der Waals surface area contributed by atoms with Crippen molar-refractivity contribution < 1.29 is 9.53 Å². The van der Waals surface area contributed by atoms with Gasteiger partial charge >= 0.3 is 0 Å². The lowest BCUT2D eigenvalue weighted by atomic mass is 10.2. The van der Waals surface area contributed by atoms with E-state index in [1.54, 1.807) is 24.3 Å². The molecule has 1 aromatic heterocycles. The van der Waals surface area contributed by atoms with Crippen molar-refractivity contribution in [2.45, 2.75) is 6.54 Å². The lowest BCUT2D eigenvalue weighted by molar-refractivity contribution is 0.0337. The number of hydrogen-bond donors (Lipinski definition) is 2. The number of nitrogen functional groups attached to an aromatic ring is 1. The van der Waals surface area contributed by atoms with Crippen LogP contribution in [-0.2, 0) is 11.3 Å². The highest BCUT2D eigenvalue weighted by atomic mass is 32.1. The van der Waals surface area contributed by atoms with Gasteiger partial charge in [-0.1, -0.05) is 0 Å². The monoisotopic (exact) mass is 318 g/mol. The number of hydrogen-bond acceptors (Lipinski definition) is 6. The molecular weight excluding hydrogens is 300 g/mol. The number of morpholine rings is 1. The standard InChI is InChI=1S/C15H18N4O2S/c16-12-3-1-11(2-4-12)14(20)18-15-17-13(10-22-15)9-19-5-7-21-8-6-19/h1-4,10H,5-9,16H2,(H,17,18,20). The van der Waals surface area contributed by atoms with Crippen LogP contribution in [0.15, 0.2) is 29.6 Å². The van der Waals surface area contributed by atoms with Crippen LogP contribution in [0.3, 0.4) is 0 Å². The lowest BCUT2D eigenvalue weighted by Gasteiger charge is -2.25. The first-order valence-electron chi connectivity index (χ1n) is 7.12. The first-order valence-corrected chi connectivity index (χ1v) is 8.00. The van der Waals surface area contributed by atoms with Crippen LogP contribution in [0.5, 0.6) is 0 Å². The zero-order chi connectivity index (χ0) is 15.4. The van der Waals surface area contributed by atoms with E-state index >= 15 is 0 Å². The third kappa shape index (κ3) is 3.82. The topological polar surface area (TPSA) is 80.5 Å². The van der Waals surface area contributed by atoms with Gasteiger partial charge in [-0.15, -0.1) is 11.3 Å². The van der Waals surface area contributed by atoms with Crippen LogP contribution in [0.2, 0.25) is 0 Å². The van der Waals surface area contributed by atoms with Crippen LogP contribution in [0.1, 0.15) is 16.1 Å². The Morgan fingerprint density at radius 2 is 2.05 bits per heavy atom. The average Bonchev–Trinajstić information content (AvgIpc) is 2.96. The van der Waals surface area contributed by atoms with Gasteiger partial charge in [0.1, 0.15) is 0 Å². The number of aromatic nitrogens is 1. The molecule has 0 saturated carbocycles. The van der Waals surface area contributed by atoms with Gasteiger partial charge < -0.3 is 10.5 Å². The quantitative estimate of drug-likeness (QED) is 0.840. The van der Waals surface area contributed by atoms with Crippen LogP contribution >= 0.6 is 11.3 Å². The number of anilines is 2. The van der Waals surface area contributed by atoms with Crippen molar-refractivity contribution in [2.75, 3.05) is 37.4 Å². The Balaban J connectivity index is 1.58. The lowest BCUT2D eigenvalue weighted by Crippen LogP contribution is -2.35. The van der Waals surface area contributed by atoms with E-state index in [1.165, 1.54) is 11.3 Å². The molecule has 0 aliphatic carbocycles. The molecule has 1 aromatic carbocycles. The number of rotatable bonds is 4. The molecule has 0 bridgehead atoms. The number of nitrogens with one attached hydrogen (secondary N) is 1. The zero-order valence-electron chi connectivity index (χ0n) is 12.1. The number of carbonyl (C=O) groups is 1. The Morgan fingerprint density at radius 1 is 1.32 bits per heavy atom. The largest absolute Gasteiger partial charge is 0.399 e. The third-order valence-corrected chi connectivity index (χ3v) is 4.24. The maximum absolute atomic E-state index is 12.1. The molecule has 3 N–H and O–H groups in total. The summed E-state index contributed by atoms with van der Waals surface area (Å²) >= 11 is 1.44. The van der Waals surface area contributed by atoms with Gasteiger partial charge in [0.2, 0.25) is 0 Å². The summed E-state index contributed by atoms with van der Waals surface area (Å²) in [6, 6.07) is 6.82. The molecule has 2 heterocycles. The van der Waals surface area contributed by atoms with Crippen LogP contribution in [0.25, 0.3) is 0 Å². The molecule has 1 aliphatic heterocycles. The summed E-state index contributed by atoms with van der Waals surface area (Å²) in [6.45, 7) is 4.17. The first kappa shape index (κ1) is 15.0. The molecule has 1 aliphatic rings. The summed E-state index contributed by atoms with van der Waals surface area (Å²) < 4.78 is 5.33. The highest BCUT2D eigenvalue weighted by Gasteiger charge is 2.13. The van der Waals surface area contributed by atoms with Gasteiger partial charge in [-0.25, -0.2) is 4.98 Å².